The lowest BCUT2D eigenvalue weighted by Gasteiger charge is -2.31. The Hall–Kier alpha value is -2.55. The molecule has 156 valence electrons. The summed E-state index contributed by atoms with van der Waals surface area (Å²) in [4.78, 5) is 14.2. The molecule has 2 aromatic heterocycles. The molecular formula is C22H23FN4O2S. The van der Waals surface area contributed by atoms with E-state index in [0.717, 1.165) is 50.4 Å². The third kappa shape index (κ3) is 4.30. The highest BCUT2D eigenvalue weighted by molar-refractivity contribution is 7.07. The zero-order valence-electron chi connectivity index (χ0n) is 16.6. The summed E-state index contributed by atoms with van der Waals surface area (Å²) < 4.78 is 24.9. The average Bonchev–Trinajstić information content (AvgIpc) is 3.29. The maximum Gasteiger partial charge on any atom is 0.229 e. The first-order chi connectivity index (χ1) is 14.7. The Labute approximate surface area is 178 Å². The topological polar surface area (TPSA) is 50.7 Å². The van der Waals surface area contributed by atoms with E-state index in [9.17, 15) is 4.39 Å². The average molecular weight is 427 g/mol. The first-order valence-corrected chi connectivity index (χ1v) is 11.1. The molecule has 2 aliphatic rings. The Morgan fingerprint density at radius 2 is 1.90 bits per heavy atom. The second kappa shape index (κ2) is 8.67. The van der Waals surface area contributed by atoms with E-state index in [4.69, 9.17) is 19.4 Å². The second-order valence-corrected chi connectivity index (χ2v) is 8.28. The number of nitrogens with zero attached hydrogens (tertiary/aromatic N) is 4. The van der Waals surface area contributed by atoms with Crippen molar-refractivity contribution in [1.29, 1.82) is 0 Å². The molecule has 3 aromatic rings. The van der Waals surface area contributed by atoms with Crippen molar-refractivity contribution in [3.63, 3.8) is 0 Å². The minimum absolute atomic E-state index is 0.289. The molecule has 0 unspecified atom stereocenters. The van der Waals surface area contributed by atoms with E-state index < -0.39 is 0 Å². The van der Waals surface area contributed by atoms with Crippen LogP contribution in [-0.2, 0) is 24.2 Å². The van der Waals surface area contributed by atoms with Gasteiger partial charge in [-0.2, -0.15) is 16.3 Å². The molecule has 0 saturated carbocycles. The number of ether oxygens (including phenoxy) is 2. The predicted molar refractivity (Wildman–Crippen MR) is 114 cm³/mol. The quantitative estimate of drug-likeness (QED) is 0.618. The number of hydrogen-bond acceptors (Lipinski definition) is 7. The van der Waals surface area contributed by atoms with Gasteiger partial charge in [-0.3, -0.25) is 4.90 Å². The van der Waals surface area contributed by atoms with Gasteiger partial charge in [0.25, 0.3) is 0 Å². The van der Waals surface area contributed by atoms with Crippen molar-refractivity contribution in [3.8, 4) is 11.6 Å². The molecule has 1 fully saturated rings. The third-order valence-corrected chi connectivity index (χ3v) is 6.13. The van der Waals surface area contributed by atoms with Crippen LogP contribution >= 0.6 is 11.3 Å². The van der Waals surface area contributed by atoms with Gasteiger partial charge in [0.2, 0.25) is 11.8 Å². The number of fused-ring (bicyclic) bond motifs is 1. The van der Waals surface area contributed by atoms with Gasteiger partial charge >= 0.3 is 0 Å². The molecule has 0 amide bonds. The van der Waals surface area contributed by atoms with Crippen LogP contribution in [0.25, 0.3) is 0 Å². The van der Waals surface area contributed by atoms with Crippen molar-refractivity contribution in [3.05, 3.63) is 63.7 Å². The van der Waals surface area contributed by atoms with Gasteiger partial charge in [-0.15, -0.1) is 0 Å². The van der Waals surface area contributed by atoms with Crippen molar-refractivity contribution in [2.75, 3.05) is 37.7 Å². The molecule has 8 heteroatoms. The summed E-state index contributed by atoms with van der Waals surface area (Å²) in [6.07, 6.45) is 0.846. The molecule has 0 aliphatic carbocycles. The second-order valence-electron chi connectivity index (χ2n) is 7.50. The van der Waals surface area contributed by atoms with Crippen LogP contribution in [0, 0.1) is 5.82 Å². The van der Waals surface area contributed by atoms with Crippen LogP contribution < -0.4 is 9.64 Å². The summed E-state index contributed by atoms with van der Waals surface area (Å²) in [6, 6.07) is 8.21. The van der Waals surface area contributed by atoms with E-state index in [2.05, 4.69) is 26.6 Å². The van der Waals surface area contributed by atoms with Gasteiger partial charge in [0.1, 0.15) is 11.6 Å². The molecule has 0 bridgehead atoms. The van der Waals surface area contributed by atoms with Gasteiger partial charge in [0.15, 0.2) is 0 Å². The summed E-state index contributed by atoms with van der Waals surface area (Å²) in [5.74, 6) is 1.52. The monoisotopic (exact) mass is 426 g/mol. The van der Waals surface area contributed by atoms with Crippen molar-refractivity contribution < 1.29 is 13.9 Å². The number of morpholine rings is 1. The number of hydrogen-bond donors (Lipinski definition) is 0. The Balaban J connectivity index is 1.46. The number of aromatic nitrogens is 2. The van der Waals surface area contributed by atoms with E-state index in [1.807, 2.05) is 0 Å². The number of benzene rings is 1. The van der Waals surface area contributed by atoms with E-state index in [-0.39, 0.29) is 5.82 Å². The molecule has 5 rings (SSSR count). The zero-order chi connectivity index (χ0) is 20.3. The van der Waals surface area contributed by atoms with Crippen LogP contribution in [0.2, 0.25) is 0 Å². The van der Waals surface area contributed by atoms with Gasteiger partial charge in [0.05, 0.1) is 24.5 Å². The van der Waals surface area contributed by atoms with E-state index in [0.29, 0.717) is 30.8 Å². The van der Waals surface area contributed by atoms with Crippen LogP contribution in [0.15, 0.2) is 41.1 Å². The SMILES string of the molecule is Fc1ccc(Oc2nc(N3CCOCC3)nc3c2CN(Cc2ccsc2)CC3)cc1. The molecule has 0 N–H and O–H groups in total. The van der Waals surface area contributed by atoms with Gasteiger partial charge in [-0.25, -0.2) is 9.37 Å². The maximum atomic E-state index is 13.3. The Morgan fingerprint density at radius 3 is 2.67 bits per heavy atom. The molecule has 0 atom stereocenters. The minimum Gasteiger partial charge on any atom is -0.438 e. The predicted octanol–water partition coefficient (Wildman–Crippen LogP) is 3.86. The molecule has 30 heavy (non-hydrogen) atoms. The van der Waals surface area contributed by atoms with Crippen LogP contribution in [0.1, 0.15) is 16.8 Å². The Morgan fingerprint density at radius 1 is 1.07 bits per heavy atom. The fourth-order valence-corrected chi connectivity index (χ4v) is 4.47. The van der Waals surface area contributed by atoms with Gasteiger partial charge in [-0.05, 0) is 46.7 Å². The highest BCUT2D eigenvalue weighted by atomic mass is 32.1. The lowest BCUT2D eigenvalue weighted by atomic mass is 10.1. The van der Waals surface area contributed by atoms with Crippen molar-refractivity contribution >= 4 is 17.3 Å². The molecule has 6 nitrogen and oxygen atoms in total. The summed E-state index contributed by atoms with van der Waals surface area (Å²) in [5, 5.41) is 4.29. The summed E-state index contributed by atoms with van der Waals surface area (Å²) in [5.41, 5.74) is 3.36. The minimum atomic E-state index is -0.289. The molecule has 0 radical (unpaired) electrons. The number of halogens is 1. The van der Waals surface area contributed by atoms with E-state index in [1.54, 1.807) is 23.5 Å². The first-order valence-electron chi connectivity index (χ1n) is 10.1. The van der Waals surface area contributed by atoms with Crippen molar-refractivity contribution in [2.45, 2.75) is 19.5 Å². The standard InChI is InChI=1S/C22H23FN4O2S/c23-17-1-3-18(4-2-17)29-21-19-14-26(13-16-6-12-30-15-16)7-5-20(19)24-22(25-21)27-8-10-28-11-9-27/h1-4,6,12,15H,5,7-11,13-14H2. The molecule has 1 saturated heterocycles. The highest BCUT2D eigenvalue weighted by Gasteiger charge is 2.26. The van der Waals surface area contributed by atoms with E-state index >= 15 is 0 Å². The van der Waals surface area contributed by atoms with Crippen LogP contribution in [0.4, 0.5) is 10.3 Å². The van der Waals surface area contributed by atoms with Gasteiger partial charge in [0, 0.05) is 39.1 Å². The van der Waals surface area contributed by atoms with Gasteiger partial charge in [-0.1, -0.05) is 0 Å². The normalized spacial score (nSPS) is 17.0. The number of thiophene rings is 1. The summed E-state index contributed by atoms with van der Waals surface area (Å²) >= 11 is 1.72. The van der Waals surface area contributed by atoms with Crippen molar-refractivity contribution in [1.82, 2.24) is 14.9 Å². The Kier molecular flexibility index (Phi) is 5.61. The fraction of sp³-hybridized carbons (Fsp3) is 0.364. The third-order valence-electron chi connectivity index (χ3n) is 5.40. The largest absolute Gasteiger partial charge is 0.438 e. The summed E-state index contributed by atoms with van der Waals surface area (Å²) in [7, 11) is 0. The van der Waals surface area contributed by atoms with Gasteiger partial charge < -0.3 is 14.4 Å². The number of rotatable bonds is 5. The molecule has 0 spiro atoms. The van der Waals surface area contributed by atoms with E-state index in [1.165, 1.54) is 17.7 Å². The van der Waals surface area contributed by atoms with Crippen LogP contribution in [-0.4, -0.2) is 47.7 Å². The smallest absolute Gasteiger partial charge is 0.229 e. The molecular weight excluding hydrogens is 403 g/mol. The lowest BCUT2D eigenvalue weighted by molar-refractivity contribution is 0.122. The molecule has 2 aliphatic heterocycles. The summed E-state index contributed by atoms with van der Waals surface area (Å²) in [6.45, 7) is 5.43. The first kappa shape index (κ1) is 19.4. The Bertz CT molecular complexity index is 991. The number of anilines is 1. The highest BCUT2D eigenvalue weighted by Crippen LogP contribution is 2.32. The molecule has 1 aromatic carbocycles. The lowest BCUT2D eigenvalue weighted by Crippen LogP contribution is -2.38. The van der Waals surface area contributed by atoms with Crippen LogP contribution in [0.3, 0.4) is 0 Å². The van der Waals surface area contributed by atoms with Crippen molar-refractivity contribution in [2.24, 2.45) is 0 Å². The zero-order valence-corrected chi connectivity index (χ0v) is 17.4. The fourth-order valence-electron chi connectivity index (χ4n) is 3.81. The maximum absolute atomic E-state index is 13.3. The molecule has 4 heterocycles. The van der Waals surface area contributed by atoms with Crippen LogP contribution in [0.5, 0.6) is 11.6 Å².